The van der Waals surface area contributed by atoms with E-state index in [-0.39, 0.29) is 0 Å². The van der Waals surface area contributed by atoms with Crippen molar-refractivity contribution >= 4 is 6.09 Å². The van der Waals surface area contributed by atoms with Crippen LogP contribution in [0.25, 0.3) is 0 Å². The van der Waals surface area contributed by atoms with E-state index in [0.717, 1.165) is 32.5 Å². The summed E-state index contributed by atoms with van der Waals surface area (Å²) < 4.78 is 0. The molecule has 4 heteroatoms. The van der Waals surface area contributed by atoms with Gasteiger partial charge in [0.1, 0.15) is 0 Å². The summed E-state index contributed by atoms with van der Waals surface area (Å²) in [4.78, 5) is 12.4. The van der Waals surface area contributed by atoms with Crippen LogP contribution in [0.1, 0.15) is 26.7 Å². The van der Waals surface area contributed by atoms with Crippen LogP contribution in [-0.2, 0) is 0 Å². The smallest absolute Gasteiger partial charge is 0.404 e. The first-order valence-corrected chi connectivity index (χ1v) is 4.89. The molecule has 0 aliphatic heterocycles. The van der Waals surface area contributed by atoms with Crippen molar-refractivity contribution in [3.05, 3.63) is 0 Å². The van der Waals surface area contributed by atoms with Crippen LogP contribution in [0, 0.1) is 0 Å². The van der Waals surface area contributed by atoms with Crippen molar-refractivity contribution in [2.24, 2.45) is 0 Å². The minimum atomic E-state index is -0.937. The Hall–Kier alpha value is -0.770. The fourth-order valence-corrected chi connectivity index (χ4v) is 1.29. The van der Waals surface area contributed by atoms with E-state index in [1.807, 2.05) is 0 Å². The zero-order chi connectivity index (χ0) is 10.1. The number of carboxylic acid groups (broad SMARTS) is 1. The van der Waals surface area contributed by atoms with Crippen LogP contribution in [0.4, 0.5) is 4.79 Å². The fourth-order valence-electron chi connectivity index (χ4n) is 1.29. The van der Waals surface area contributed by atoms with Crippen LogP contribution in [0.3, 0.4) is 0 Å². The SMILES string of the molecule is CCCN(CCC)CCNC(=O)O. The molecule has 0 bridgehead atoms. The van der Waals surface area contributed by atoms with Gasteiger partial charge in [0.15, 0.2) is 0 Å². The molecule has 0 radical (unpaired) electrons. The van der Waals surface area contributed by atoms with E-state index in [4.69, 9.17) is 5.11 Å². The molecule has 0 aromatic rings. The zero-order valence-electron chi connectivity index (χ0n) is 8.55. The monoisotopic (exact) mass is 188 g/mol. The summed E-state index contributed by atoms with van der Waals surface area (Å²) in [5.74, 6) is 0. The summed E-state index contributed by atoms with van der Waals surface area (Å²) in [5.41, 5.74) is 0. The van der Waals surface area contributed by atoms with Gasteiger partial charge in [-0.1, -0.05) is 13.8 Å². The molecule has 13 heavy (non-hydrogen) atoms. The molecule has 0 aromatic heterocycles. The third kappa shape index (κ3) is 7.59. The zero-order valence-corrected chi connectivity index (χ0v) is 8.55. The standard InChI is InChI=1S/C9H20N2O2/c1-3-6-11(7-4-2)8-5-10-9(12)13/h10H,3-8H2,1-2H3,(H,12,13). The molecule has 0 rings (SSSR count). The molecule has 78 valence electrons. The lowest BCUT2D eigenvalue weighted by Gasteiger charge is -2.20. The van der Waals surface area contributed by atoms with Gasteiger partial charge in [-0.05, 0) is 25.9 Å². The maximum Gasteiger partial charge on any atom is 0.404 e. The third-order valence-electron chi connectivity index (χ3n) is 1.78. The Bertz CT molecular complexity index is 134. The predicted octanol–water partition coefficient (Wildman–Crippen LogP) is 1.38. The number of rotatable bonds is 7. The van der Waals surface area contributed by atoms with Gasteiger partial charge < -0.3 is 15.3 Å². The average molecular weight is 188 g/mol. The second-order valence-electron chi connectivity index (χ2n) is 3.07. The normalized spacial score (nSPS) is 10.4. The molecule has 0 aromatic carbocycles. The van der Waals surface area contributed by atoms with E-state index in [1.165, 1.54) is 0 Å². The Balaban J connectivity index is 3.49. The Labute approximate surface area is 79.9 Å². The van der Waals surface area contributed by atoms with E-state index < -0.39 is 6.09 Å². The van der Waals surface area contributed by atoms with E-state index in [2.05, 4.69) is 24.1 Å². The quantitative estimate of drug-likeness (QED) is 0.634. The first kappa shape index (κ1) is 12.2. The number of hydrogen-bond donors (Lipinski definition) is 2. The molecular formula is C9H20N2O2. The highest BCUT2D eigenvalue weighted by atomic mass is 16.4. The predicted molar refractivity (Wildman–Crippen MR) is 53.0 cm³/mol. The molecular weight excluding hydrogens is 168 g/mol. The van der Waals surface area contributed by atoms with Crippen LogP contribution < -0.4 is 5.32 Å². The molecule has 0 aliphatic rings. The van der Waals surface area contributed by atoms with E-state index in [0.29, 0.717) is 6.54 Å². The molecule has 2 N–H and O–H groups in total. The molecule has 0 saturated carbocycles. The first-order chi connectivity index (χ1) is 6.20. The van der Waals surface area contributed by atoms with Crippen molar-refractivity contribution in [3.63, 3.8) is 0 Å². The summed E-state index contributed by atoms with van der Waals surface area (Å²) >= 11 is 0. The highest BCUT2D eigenvalue weighted by Crippen LogP contribution is 1.92. The molecule has 0 atom stereocenters. The van der Waals surface area contributed by atoms with Gasteiger partial charge in [-0.25, -0.2) is 4.79 Å². The summed E-state index contributed by atoms with van der Waals surface area (Å²) in [6.07, 6.45) is 1.30. The summed E-state index contributed by atoms with van der Waals surface area (Å²) in [7, 11) is 0. The summed E-state index contributed by atoms with van der Waals surface area (Å²) in [5, 5.41) is 10.7. The van der Waals surface area contributed by atoms with Gasteiger partial charge in [-0.2, -0.15) is 0 Å². The Morgan fingerprint density at radius 1 is 1.23 bits per heavy atom. The summed E-state index contributed by atoms with van der Waals surface area (Å²) in [6, 6.07) is 0. The van der Waals surface area contributed by atoms with Gasteiger partial charge in [0, 0.05) is 13.1 Å². The lowest BCUT2D eigenvalue weighted by atomic mass is 10.3. The first-order valence-electron chi connectivity index (χ1n) is 4.89. The van der Waals surface area contributed by atoms with Crippen LogP contribution >= 0.6 is 0 Å². The molecule has 0 heterocycles. The van der Waals surface area contributed by atoms with E-state index >= 15 is 0 Å². The topological polar surface area (TPSA) is 52.6 Å². The van der Waals surface area contributed by atoms with Gasteiger partial charge >= 0.3 is 6.09 Å². The van der Waals surface area contributed by atoms with Crippen LogP contribution in [0.2, 0.25) is 0 Å². The van der Waals surface area contributed by atoms with Crippen molar-refractivity contribution in [1.82, 2.24) is 10.2 Å². The van der Waals surface area contributed by atoms with Gasteiger partial charge in [-0.15, -0.1) is 0 Å². The van der Waals surface area contributed by atoms with Crippen molar-refractivity contribution in [3.8, 4) is 0 Å². The second kappa shape index (κ2) is 7.86. The van der Waals surface area contributed by atoms with Crippen LogP contribution in [-0.4, -0.2) is 42.3 Å². The van der Waals surface area contributed by atoms with Crippen molar-refractivity contribution < 1.29 is 9.90 Å². The van der Waals surface area contributed by atoms with Crippen molar-refractivity contribution in [2.45, 2.75) is 26.7 Å². The van der Waals surface area contributed by atoms with Crippen LogP contribution in [0.5, 0.6) is 0 Å². The van der Waals surface area contributed by atoms with Gasteiger partial charge in [0.2, 0.25) is 0 Å². The van der Waals surface area contributed by atoms with E-state index in [9.17, 15) is 4.79 Å². The number of nitrogens with zero attached hydrogens (tertiary/aromatic N) is 1. The summed E-state index contributed by atoms with van der Waals surface area (Å²) in [6.45, 7) is 7.70. The Morgan fingerprint density at radius 3 is 2.15 bits per heavy atom. The average Bonchev–Trinajstić information content (AvgIpc) is 2.04. The molecule has 0 unspecified atom stereocenters. The number of amides is 1. The number of hydrogen-bond acceptors (Lipinski definition) is 2. The highest BCUT2D eigenvalue weighted by Gasteiger charge is 2.02. The largest absolute Gasteiger partial charge is 0.465 e. The van der Waals surface area contributed by atoms with Gasteiger partial charge in [-0.3, -0.25) is 0 Å². The number of nitrogens with one attached hydrogen (secondary N) is 1. The van der Waals surface area contributed by atoms with Gasteiger partial charge in [0.25, 0.3) is 0 Å². The molecule has 0 fully saturated rings. The minimum absolute atomic E-state index is 0.523. The maximum atomic E-state index is 10.2. The lowest BCUT2D eigenvalue weighted by Crippen LogP contribution is -2.35. The Morgan fingerprint density at radius 2 is 1.77 bits per heavy atom. The lowest BCUT2D eigenvalue weighted by molar-refractivity contribution is 0.191. The van der Waals surface area contributed by atoms with Crippen molar-refractivity contribution in [1.29, 1.82) is 0 Å². The Kier molecular flexibility index (Phi) is 7.39. The van der Waals surface area contributed by atoms with Crippen molar-refractivity contribution in [2.75, 3.05) is 26.2 Å². The molecule has 0 aliphatic carbocycles. The molecule has 4 nitrogen and oxygen atoms in total. The van der Waals surface area contributed by atoms with E-state index in [1.54, 1.807) is 0 Å². The highest BCUT2D eigenvalue weighted by molar-refractivity contribution is 5.64. The fraction of sp³-hybridized carbons (Fsp3) is 0.889. The maximum absolute atomic E-state index is 10.2. The van der Waals surface area contributed by atoms with Gasteiger partial charge in [0.05, 0.1) is 0 Å². The number of carbonyl (C=O) groups is 1. The van der Waals surface area contributed by atoms with Crippen LogP contribution in [0.15, 0.2) is 0 Å². The molecule has 0 saturated heterocycles. The third-order valence-corrected chi connectivity index (χ3v) is 1.78. The minimum Gasteiger partial charge on any atom is -0.465 e. The molecule has 0 spiro atoms. The molecule has 1 amide bonds. The second-order valence-corrected chi connectivity index (χ2v) is 3.07.